The van der Waals surface area contributed by atoms with Crippen LogP contribution in [0.4, 0.5) is 0 Å². The average Bonchev–Trinajstić information content (AvgIpc) is 2.82. The molecule has 0 saturated carbocycles. The maximum atomic E-state index is 5.00. The molecule has 1 fully saturated rings. The van der Waals surface area contributed by atoms with E-state index in [1.807, 2.05) is 0 Å². The predicted octanol–water partition coefficient (Wildman–Crippen LogP) is 0.902. The third-order valence-corrected chi connectivity index (χ3v) is 2.83. The fourth-order valence-corrected chi connectivity index (χ4v) is 1.92. The van der Waals surface area contributed by atoms with Gasteiger partial charge < -0.3 is 20.3 Å². The molecule has 0 radical (unpaired) electrons. The number of guanidine groups is 1. The van der Waals surface area contributed by atoms with Crippen LogP contribution in [0.5, 0.6) is 0 Å². The number of methoxy groups -OCH3 is 1. The minimum absolute atomic E-state index is 0. The molecule has 2 N–H and O–H groups in total. The summed E-state index contributed by atoms with van der Waals surface area (Å²) in [6.45, 7) is 8.88. The van der Waals surface area contributed by atoms with E-state index in [4.69, 9.17) is 4.74 Å². The van der Waals surface area contributed by atoms with Crippen LogP contribution in [0.15, 0.2) is 4.99 Å². The summed E-state index contributed by atoms with van der Waals surface area (Å²) in [6.07, 6.45) is 2.69. The highest BCUT2D eigenvalue weighted by Crippen LogP contribution is 2.05. The molecule has 0 bridgehead atoms. The Morgan fingerprint density at radius 3 is 2.61 bits per heavy atom. The first-order valence-corrected chi connectivity index (χ1v) is 6.60. The van der Waals surface area contributed by atoms with E-state index in [1.165, 1.54) is 25.9 Å². The van der Waals surface area contributed by atoms with Crippen LogP contribution in [-0.2, 0) is 4.74 Å². The topological polar surface area (TPSA) is 48.9 Å². The molecule has 1 aliphatic heterocycles. The molecule has 18 heavy (non-hydrogen) atoms. The summed E-state index contributed by atoms with van der Waals surface area (Å²) in [7, 11) is 1.71. The van der Waals surface area contributed by atoms with Crippen molar-refractivity contribution in [3.63, 3.8) is 0 Å². The van der Waals surface area contributed by atoms with Gasteiger partial charge in [-0.3, -0.25) is 4.99 Å². The van der Waals surface area contributed by atoms with E-state index in [9.17, 15) is 0 Å². The average molecular weight is 370 g/mol. The van der Waals surface area contributed by atoms with Crippen LogP contribution in [-0.4, -0.2) is 63.8 Å². The molecule has 1 saturated heterocycles. The number of hydrogen-bond donors (Lipinski definition) is 2. The summed E-state index contributed by atoms with van der Waals surface area (Å²) in [5, 5.41) is 6.47. The van der Waals surface area contributed by atoms with Gasteiger partial charge in [-0.25, -0.2) is 0 Å². The van der Waals surface area contributed by atoms with Crippen LogP contribution in [0, 0.1) is 0 Å². The molecule has 0 spiro atoms. The van der Waals surface area contributed by atoms with Gasteiger partial charge in [0, 0.05) is 26.7 Å². The second kappa shape index (κ2) is 12.0. The van der Waals surface area contributed by atoms with Crippen molar-refractivity contribution >= 4 is 29.9 Å². The third kappa shape index (κ3) is 8.10. The van der Waals surface area contributed by atoms with Gasteiger partial charge in [-0.2, -0.15) is 0 Å². The van der Waals surface area contributed by atoms with E-state index in [1.54, 1.807) is 7.11 Å². The third-order valence-electron chi connectivity index (χ3n) is 2.83. The number of likely N-dealkylation sites (tertiary alicyclic amines) is 1. The zero-order valence-electron chi connectivity index (χ0n) is 11.6. The van der Waals surface area contributed by atoms with Crippen molar-refractivity contribution in [3.8, 4) is 0 Å². The second-order valence-corrected chi connectivity index (χ2v) is 4.23. The molecule has 1 aliphatic rings. The van der Waals surface area contributed by atoms with Gasteiger partial charge in [0.25, 0.3) is 0 Å². The normalized spacial score (nSPS) is 16.4. The number of rotatable bonds is 7. The first-order valence-electron chi connectivity index (χ1n) is 6.60. The van der Waals surface area contributed by atoms with Crippen molar-refractivity contribution in [3.05, 3.63) is 0 Å². The Kier molecular flexibility index (Phi) is 11.9. The van der Waals surface area contributed by atoms with Crippen molar-refractivity contribution in [1.29, 1.82) is 0 Å². The molecule has 0 aliphatic carbocycles. The van der Waals surface area contributed by atoms with E-state index in [0.29, 0.717) is 6.61 Å². The van der Waals surface area contributed by atoms with Gasteiger partial charge in [0.2, 0.25) is 0 Å². The van der Waals surface area contributed by atoms with Crippen molar-refractivity contribution in [2.45, 2.75) is 19.8 Å². The minimum atomic E-state index is 0. The Bertz CT molecular complexity index is 220. The molecule has 5 nitrogen and oxygen atoms in total. The monoisotopic (exact) mass is 370 g/mol. The highest BCUT2D eigenvalue weighted by molar-refractivity contribution is 14.0. The van der Waals surface area contributed by atoms with Gasteiger partial charge in [-0.1, -0.05) is 0 Å². The quantitative estimate of drug-likeness (QED) is 0.303. The summed E-state index contributed by atoms with van der Waals surface area (Å²) in [4.78, 5) is 7.02. The molecule has 0 unspecified atom stereocenters. The number of ether oxygens (including phenoxy) is 1. The molecule has 0 aromatic heterocycles. The van der Waals surface area contributed by atoms with Gasteiger partial charge in [0.1, 0.15) is 0 Å². The van der Waals surface area contributed by atoms with E-state index >= 15 is 0 Å². The standard InChI is InChI=1S/C12H26N4O.HI/c1-3-13-12(15-7-11-17-2)14-6-10-16-8-4-5-9-16;/h3-11H2,1-2H3,(H2,13,14,15);1H. The highest BCUT2D eigenvalue weighted by Gasteiger charge is 2.10. The van der Waals surface area contributed by atoms with Crippen LogP contribution in [0.2, 0.25) is 0 Å². The summed E-state index contributed by atoms with van der Waals surface area (Å²) in [5.74, 6) is 0.892. The lowest BCUT2D eigenvalue weighted by Gasteiger charge is -2.14. The number of hydrogen-bond acceptors (Lipinski definition) is 3. The van der Waals surface area contributed by atoms with Gasteiger partial charge >= 0.3 is 0 Å². The Labute approximate surface area is 128 Å². The molecule has 1 rings (SSSR count). The first-order chi connectivity index (χ1) is 8.36. The van der Waals surface area contributed by atoms with Crippen LogP contribution in [0.25, 0.3) is 0 Å². The lowest BCUT2D eigenvalue weighted by molar-refractivity contribution is 0.203. The Morgan fingerprint density at radius 2 is 2.00 bits per heavy atom. The number of nitrogens with zero attached hydrogens (tertiary/aromatic N) is 2. The van der Waals surface area contributed by atoms with Gasteiger partial charge in [-0.05, 0) is 32.9 Å². The fraction of sp³-hybridized carbons (Fsp3) is 0.917. The molecule has 1 heterocycles. The van der Waals surface area contributed by atoms with Crippen LogP contribution < -0.4 is 10.6 Å². The predicted molar refractivity (Wildman–Crippen MR) is 86.9 cm³/mol. The highest BCUT2D eigenvalue weighted by atomic mass is 127. The van der Waals surface area contributed by atoms with E-state index in [-0.39, 0.29) is 24.0 Å². The Morgan fingerprint density at radius 1 is 1.28 bits per heavy atom. The molecule has 0 atom stereocenters. The van der Waals surface area contributed by atoms with Crippen molar-refractivity contribution in [2.75, 3.05) is 53.0 Å². The molecule has 6 heteroatoms. The Hall–Kier alpha value is -0.0800. The van der Waals surface area contributed by atoms with Gasteiger partial charge in [0.05, 0.1) is 13.2 Å². The molecule has 108 valence electrons. The zero-order valence-corrected chi connectivity index (χ0v) is 13.9. The Balaban J connectivity index is 0.00000289. The zero-order chi connectivity index (χ0) is 12.3. The van der Waals surface area contributed by atoms with Crippen molar-refractivity contribution in [2.24, 2.45) is 4.99 Å². The number of halogens is 1. The summed E-state index contributed by atoms with van der Waals surface area (Å²) in [5.41, 5.74) is 0. The van der Waals surface area contributed by atoms with Gasteiger partial charge in [0.15, 0.2) is 5.96 Å². The van der Waals surface area contributed by atoms with E-state index in [2.05, 4.69) is 27.4 Å². The SMILES string of the molecule is CCNC(=NCCN1CCCC1)NCCOC.I. The van der Waals surface area contributed by atoms with Crippen molar-refractivity contribution < 1.29 is 4.74 Å². The lowest BCUT2D eigenvalue weighted by atomic mass is 10.4. The number of nitrogens with one attached hydrogen (secondary N) is 2. The molecule has 0 aromatic rings. The minimum Gasteiger partial charge on any atom is -0.383 e. The fourth-order valence-electron chi connectivity index (χ4n) is 1.92. The first kappa shape index (κ1) is 17.9. The van der Waals surface area contributed by atoms with E-state index < -0.39 is 0 Å². The lowest BCUT2D eigenvalue weighted by Crippen LogP contribution is -2.39. The maximum Gasteiger partial charge on any atom is 0.191 e. The smallest absolute Gasteiger partial charge is 0.191 e. The maximum absolute atomic E-state index is 5.00. The summed E-state index contributed by atoms with van der Waals surface area (Å²) >= 11 is 0. The van der Waals surface area contributed by atoms with Crippen LogP contribution in [0.3, 0.4) is 0 Å². The van der Waals surface area contributed by atoms with Gasteiger partial charge in [-0.15, -0.1) is 24.0 Å². The van der Waals surface area contributed by atoms with Crippen LogP contribution >= 0.6 is 24.0 Å². The molecular formula is C12H27IN4O. The largest absolute Gasteiger partial charge is 0.383 e. The molecule has 0 aromatic carbocycles. The number of aliphatic imine (C=N–C) groups is 1. The second-order valence-electron chi connectivity index (χ2n) is 4.23. The molecule has 0 amide bonds. The summed E-state index contributed by atoms with van der Waals surface area (Å²) in [6, 6.07) is 0. The molecular weight excluding hydrogens is 343 g/mol. The van der Waals surface area contributed by atoms with Crippen LogP contribution in [0.1, 0.15) is 19.8 Å². The van der Waals surface area contributed by atoms with E-state index in [0.717, 1.165) is 32.1 Å². The summed E-state index contributed by atoms with van der Waals surface area (Å²) < 4.78 is 5.00. The van der Waals surface area contributed by atoms with Crippen molar-refractivity contribution in [1.82, 2.24) is 15.5 Å².